The summed E-state index contributed by atoms with van der Waals surface area (Å²) in [7, 11) is 2.05. The molecule has 6 heteroatoms. The van der Waals surface area contributed by atoms with E-state index >= 15 is 0 Å². The molecule has 1 aliphatic heterocycles. The molecule has 0 unspecified atom stereocenters. The van der Waals surface area contributed by atoms with Crippen LogP contribution >= 0.6 is 0 Å². The van der Waals surface area contributed by atoms with Crippen LogP contribution in [-0.4, -0.2) is 45.8 Å². The molecule has 2 aromatic rings. The van der Waals surface area contributed by atoms with Gasteiger partial charge in [-0.2, -0.15) is 0 Å². The number of benzene rings is 2. The first-order valence-electron chi connectivity index (χ1n) is 9.83. The van der Waals surface area contributed by atoms with E-state index in [-0.39, 0.29) is 11.7 Å². The Morgan fingerprint density at radius 3 is 2.54 bits per heavy atom. The summed E-state index contributed by atoms with van der Waals surface area (Å²) in [5.41, 5.74) is 2.61. The van der Waals surface area contributed by atoms with E-state index in [0.717, 1.165) is 25.1 Å². The Hall–Kier alpha value is -2.60. The van der Waals surface area contributed by atoms with Crippen molar-refractivity contribution in [2.24, 2.45) is 0 Å². The van der Waals surface area contributed by atoms with E-state index in [1.807, 2.05) is 24.1 Å². The number of halogens is 1. The molecule has 1 saturated heterocycles. The molecule has 28 heavy (non-hydrogen) atoms. The second kappa shape index (κ2) is 9.55. The fraction of sp³-hybridized carbons (Fsp3) is 0.409. The lowest BCUT2D eigenvalue weighted by molar-refractivity contribution is 0.102. The van der Waals surface area contributed by atoms with Crippen molar-refractivity contribution in [2.45, 2.75) is 19.8 Å². The van der Waals surface area contributed by atoms with Crippen LogP contribution in [0.5, 0.6) is 0 Å². The zero-order valence-corrected chi connectivity index (χ0v) is 16.6. The third kappa shape index (κ3) is 5.01. The van der Waals surface area contributed by atoms with Crippen molar-refractivity contribution in [3.8, 4) is 0 Å². The molecule has 3 rings (SSSR count). The molecular weight excluding hydrogens is 357 g/mol. The Balaban J connectivity index is 1.63. The van der Waals surface area contributed by atoms with Crippen LogP contribution in [0.4, 0.5) is 21.5 Å². The van der Waals surface area contributed by atoms with Gasteiger partial charge in [-0.1, -0.05) is 13.3 Å². The third-order valence-corrected chi connectivity index (χ3v) is 4.97. The molecule has 0 bridgehead atoms. The number of ether oxygens (including phenoxy) is 1. The molecule has 0 aromatic heterocycles. The average Bonchev–Trinajstić information content (AvgIpc) is 2.73. The number of nitrogens with zero attached hydrogens (tertiary/aromatic N) is 2. The average molecular weight is 385 g/mol. The highest BCUT2D eigenvalue weighted by Crippen LogP contribution is 2.24. The van der Waals surface area contributed by atoms with Crippen LogP contribution in [0.3, 0.4) is 0 Å². The van der Waals surface area contributed by atoms with Crippen molar-refractivity contribution < 1.29 is 13.9 Å². The summed E-state index contributed by atoms with van der Waals surface area (Å²) in [5.74, 6) is -0.589. The molecule has 0 spiro atoms. The summed E-state index contributed by atoms with van der Waals surface area (Å²) < 4.78 is 19.8. The topological polar surface area (TPSA) is 44.8 Å². The molecule has 1 fully saturated rings. The predicted octanol–water partition coefficient (Wildman–Crippen LogP) is 4.15. The van der Waals surface area contributed by atoms with E-state index < -0.39 is 0 Å². The van der Waals surface area contributed by atoms with Gasteiger partial charge in [-0.15, -0.1) is 0 Å². The molecule has 2 aromatic carbocycles. The Labute approximate surface area is 166 Å². The van der Waals surface area contributed by atoms with Crippen molar-refractivity contribution in [2.75, 3.05) is 55.0 Å². The number of hydrogen-bond acceptors (Lipinski definition) is 4. The van der Waals surface area contributed by atoms with Gasteiger partial charge in [0.25, 0.3) is 5.91 Å². The summed E-state index contributed by atoms with van der Waals surface area (Å²) in [5, 5.41) is 2.78. The maximum atomic E-state index is 14.5. The van der Waals surface area contributed by atoms with Gasteiger partial charge in [0.15, 0.2) is 0 Å². The molecule has 0 aliphatic carbocycles. The van der Waals surface area contributed by atoms with Crippen LogP contribution < -0.4 is 15.1 Å². The molecular formula is C22H28FN3O2. The maximum Gasteiger partial charge on any atom is 0.255 e. The smallest absolute Gasteiger partial charge is 0.255 e. The van der Waals surface area contributed by atoms with Gasteiger partial charge in [-0.3, -0.25) is 4.79 Å². The number of hydrogen-bond donors (Lipinski definition) is 1. The summed E-state index contributed by atoms with van der Waals surface area (Å²) in [6, 6.07) is 12.3. The minimum absolute atomic E-state index is 0.249. The Bertz CT molecular complexity index is 789. The monoisotopic (exact) mass is 385 g/mol. The van der Waals surface area contributed by atoms with Gasteiger partial charge < -0.3 is 19.9 Å². The van der Waals surface area contributed by atoms with Crippen molar-refractivity contribution in [3.05, 3.63) is 53.8 Å². The number of morpholine rings is 1. The number of amides is 1. The summed E-state index contributed by atoms with van der Waals surface area (Å²) in [6.07, 6.45) is 2.27. The molecule has 0 radical (unpaired) electrons. The van der Waals surface area contributed by atoms with Crippen molar-refractivity contribution in [1.29, 1.82) is 0 Å². The van der Waals surface area contributed by atoms with E-state index in [9.17, 15) is 9.18 Å². The number of carbonyl (C=O) groups is 1. The standard InChI is InChI=1S/C22H28FN3O2/c1-3-4-11-25(2)19-8-5-17(6-9-19)22(27)24-18-7-10-21(20(23)16-18)26-12-14-28-15-13-26/h5-10,16H,3-4,11-15H2,1-2H3,(H,24,27). The molecule has 1 heterocycles. The van der Waals surface area contributed by atoms with E-state index in [1.165, 1.54) is 6.07 Å². The van der Waals surface area contributed by atoms with Crippen molar-refractivity contribution in [1.82, 2.24) is 0 Å². The van der Waals surface area contributed by atoms with Crippen LogP contribution in [-0.2, 0) is 4.74 Å². The largest absolute Gasteiger partial charge is 0.378 e. The first kappa shape index (κ1) is 20.1. The molecule has 0 atom stereocenters. The minimum atomic E-state index is -0.340. The molecule has 1 amide bonds. The third-order valence-electron chi connectivity index (χ3n) is 4.97. The van der Waals surface area contributed by atoms with Crippen LogP contribution in [0.1, 0.15) is 30.1 Å². The van der Waals surface area contributed by atoms with Gasteiger partial charge >= 0.3 is 0 Å². The van der Waals surface area contributed by atoms with E-state index in [4.69, 9.17) is 4.74 Å². The first-order chi connectivity index (χ1) is 13.6. The molecule has 150 valence electrons. The molecule has 5 nitrogen and oxygen atoms in total. The van der Waals surface area contributed by atoms with Gasteiger partial charge in [-0.25, -0.2) is 4.39 Å². The van der Waals surface area contributed by atoms with E-state index in [2.05, 4.69) is 17.1 Å². The molecule has 0 saturated carbocycles. The number of carbonyl (C=O) groups excluding carboxylic acids is 1. The SMILES string of the molecule is CCCCN(C)c1ccc(C(=O)Nc2ccc(N3CCOCC3)c(F)c2)cc1. The predicted molar refractivity (Wildman–Crippen MR) is 112 cm³/mol. The second-order valence-corrected chi connectivity index (χ2v) is 7.04. The van der Waals surface area contributed by atoms with Crippen LogP contribution in [0, 0.1) is 5.82 Å². The minimum Gasteiger partial charge on any atom is -0.378 e. The number of unbranched alkanes of at least 4 members (excludes halogenated alkanes) is 1. The highest BCUT2D eigenvalue weighted by Gasteiger charge is 2.16. The van der Waals surface area contributed by atoms with E-state index in [0.29, 0.717) is 43.2 Å². The second-order valence-electron chi connectivity index (χ2n) is 7.04. The van der Waals surface area contributed by atoms with Gasteiger partial charge in [0.2, 0.25) is 0 Å². The summed E-state index contributed by atoms with van der Waals surface area (Å²) >= 11 is 0. The van der Waals surface area contributed by atoms with Gasteiger partial charge in [-0.05, 0) is 48.9 Å². The fourth-order valence-corrected chi connectivity index (χ4v) is 3.24. The van der Waals surface area contributed by atoms with E-state index in [1.54, 1.807) is 24.3 Å². The van der Waals surface area contributed by atoms with Crippen LogP contribution in [0.2, 0.25) is 0 Å². The Kier molecular flexibility index (Phi) is 6.87. The fourth-order valence-electron chi connectivity index (χ4n) is 3.24. The van der Waals surface area contributed by atoms with Crippen LogP contribution in [0.25, 0.3) is 0 Å². The summed E-state index contributed by atoms with van der Waals surface area (Å²) in [6.45, 7) is 5.68. The maximum absolute atomic E-state index is 14.5. The first-order valence-corrected chi connectivity index (χ1v) is 9.83. The van der Waals surface area contributed by atoms with Crippen LogP contribution in [0.15, 0.2) is 42.5 Å². The van der Waals surface area contributed by atoms with Crippen molar-refractivity contribution >= 4 is 23.0 Å². The lowest BCUT2D eigenvalue weighted by atomic mass is 10.1. The number of rotatable bonds is 7. The Morgan fingerprint density at radius 2 is 1.89 bits per heavy atom. The molecule has 1 aliphatic rings. The zero-order valence-electron chi connectivity index (χ0n) is 16.6. The quantitative estimate of drug-likeness (QED) is 0.778. The van der Waals surface area contributed by atoms with Gasteiger partial charge in [0, 0.05) is 43.6 Å². The lowest BCUT2D eigenvalue weighted by Gasteiger charge is -2.29. The highest BCUT2D eigenvalue weighted by atomic mass is 19.1. The number of anilines is 3. The highest BCUT2D eigenvalue weighted by molar-refractivity contribution is 6.04. The Morgan fingerprint density at radius 1 is 1.18 bits per heavy atom. The lowest BCUT2D eigenvalue weighted by Crippen LogP contribution is -2.36. The van der Waals surface area contributed by atoms with Crippen molar-refractivity contribution in [3.63, 3.8) is 0 Å². The summed E-state index contributed by atoms with van der Waals surface area (Å²) in [4.78, 5) is 16.6. The van der Waals surface area contributed by atoms with Gasteiger partial charge in [0.1, 0.15) is 5.82 Å². The van der Waals surface area contributed by atoms with Gasteiger partial charge in [0.05, 0.1) is 18.9 Å². The number of nitrogens with one attached hydrogen (secondary N) is 1. The molecule has 1 N–H and O–H groups in total. The zero-order chi connectivity index (χ0) is 19.9. The normalized spacial score (nSPS) is 14.0.